The average molecular weight is 446 g/mol. The summed E-state index contributed by atoms with van der Waals surface area (Å²) in [5, 5.41) is 0.861. The summed E-state index contributed by atoms with van der Waals surface area (Å²) in [5.74, 6) is -0.0286. The molecule has 0 saturated carbocycles. The minimum absolute atomic E-state index is 0.0970. The molecular weight excluding hydrogens is 428 g/mol. The number of rotatable bonds is 2. The molecule has 1 fully saturated rings. The number of pyridine rings is 1. The second-order valence-corrected chi connectivity index (χ2v) is 7.62. The molecule has 2 aromatic carbocycles. The van der Waals surface area contributed by atoms with Gasteiger partial charge in [-0.25, -0.2) is 13.8 Å². The van der Waals surface area contributed by atoms with Crippen molar-refractivity contribution in [2.45, 2.75) is 6.42 Å². The van der Waals surface area contributed by atoms with Crippen LogP contribution < -0.4 is 4.90 Å². The molecular formula is C21H18BrF2N3O. The number of anilines is 1. The zero-order chi connectivity index (χ0) is 19.7. The van der Waals surface area contributed by atoms with Crippen molar-refractivity contribution >= 4 is 38.6 Å². The second kappa shape index (κ2) is 7.83. The number of amides is 1. The third-order valence-corrected chi connectivity index (χ3v) is 5.52. The van der Waals surface area contributed by atoms with Gasteiger partial charge in [-0.1, -0.05) is 0 Å². The smallest absolute Gasteiger partial charge is 0.253 e. The summed E-state index contributed by atoms with van der Waals surface area (Å²) in [6.07, 6.45) is 0.793. The van der Waals surface area contributed by atoms with Crippen molar-refractivity contribution < 1.29 is 13.6 Å². The lowest BCUT2D eigenvalue weighted by atomic mass is 10.2. The van der Waals surface area contributed by atoms with E-state index in [0.29, 0.717) is 35.2 Å². The van der Waals surface area contributed by atoms with Crippen LogP contribution in [0.15, 0.2) is 53.0 Å². The second-order valence-electron chi connectivity index (χ2n) is 6.77. The fourth-order valence-corrected chi connectivity index (χ4v) is 3.77. The van der Waals surface area contributed by atoms with Crippen LogP contribution in [-0.4, -0.2) is 42.0 Å². The fraction of sp³-hybridized carbons (Fsp3) is 0.238. The molecule has 0 bridgehead atoms. The van der Waals surface area contributed by atoms with Gasteiger partial charge in [0.2, 0.25) is 0 Å². The standard InChI is InChI=1S/C21H18BrF2N3O/c22-17-12-15-4-7-20(25-19(15)13-18(17)24)26-8-1-9-27(11-10-26)21(28)14-2-5-16(23)6-3-14/h2-7,12-13H,1,8-11H2. The van der Waals surface area contributed by atoms with E-state index in [1.54, 1.807) is 11.0 Å². The molecule has 1 amide bonds. The first kappa shape index (κ1) is 18.8. The summed E-state index contributed by atoms with van der Waals surface area (Å²) in [7, 11) is 0. The van der Waals surface area contributed by atoms with E-state index in [9.17, 15) is 13.6 Å². The van der Waals surface area contributed by atoms with E-state index in [-0.39, 0.29) is 17.5 Å². The molecule has 1 aromatic heterocycles. The molecule has 0 radical (unpaired) electrons. The predicted molar refractivity (Wildman–Crippen MR) is 109 cm³/mol. The van der Waals surface area contributed by atoms with Gasteiger partial charge < -0.3 is 9.80 Å². The minimum atomic E-state index is -0.357. The highest BCUT2D eigenvalue weighted by Crippen LogP contribution is 2.25. The van der Waals surface area contributed by atoms with Crippen molar-refractivity contribution in [3.05, 3.63) is 70.2 Å². The number of nitrogens with zero attached hydrogens (tertiary/aromatic N) is 3. The molecule has 2 heterocycles. The first-order chi connectivity index (χ1) is 13.5. The first-order valence-electron chi connectivity index (χ1n) is 9.07. The van der Waals surface area contributed by atoms with Crippen LogP contribution in [0.1, 0.15) is 16.8 Å². The molecule has 4 rings (SSSR count). The largest absolute Gasteiger partial charge is 0.355 e. The van der Waals surface area contributed by atoms with E-state index < -0.39 is 0 Å². The Hall–Kier alpha value is -2.54. The third-order valence-electron chi connectivity index (χ3n) is 4.91. The van der Waals surface area contributed by atoms with Gasteiger partial charge in [0.25, 0.3) is 5.91 Å². The molecule has 28 heavy (non-hydrogen) atoms. The number of aromatic nitrogens is 1. The summed E-state index contributed by atoms with van der Waals surface area (Å²) < 4.78 is 27.4. The van der Waals surface area contributed by atoms with Gasteiger partial charge in [0.05, 0.1) is 9.99 Å². The maximum atomic E-state index is 13.8. The molecule has 144 valence electrons. The van der Waals surface area contributed by atoms with Gasteiger partial charge in [0, 0.05) is 43.2 Å². The van der Waals surface area contributed by atoms with Crippen molar-refractivity contribution in [2.75, 3.05) is 31.1 Å². The van der Waals surface area contributed by atoms with Gasteiger partial charge in [-0.2, -0.15) is 0 Å². The number of fused-ring (bicyclic) bond motifs is 1. The van der Waals surface area contributed by atoms with Crippen LogP contribution in [-0.2, 0) is 0 Å². The third kappa shape index (κ3) is 3.85. The summed E-state index contributed by atoms with van der Waals surface area (Å²) >= 11 is 3.19. The van der Waals surface area contributed by atoms with Crippen LogP contribution in [0, 0.1) is 11.6 Å². The average Bonchev–Trinajstić information content (AvgIpc) is 2.95. The molecule has 1 aliphatic heterocycles. The van der Waals surface area contributed by atoms with Crippen LogP contribution in [0.3, 0.4) is 0 Å². The summed E-state index contributed by atoms with van der Waals surface area (Å²) in [6.45, 7) is 2.56. The molecule has 7 heteroatoms. The van der Waals surface area contributed by atoms with Gasteiger partial charge in [-0.15, -0.1) is 0 Å². The van der Waals surface area contributed by atoms with Gasteiger partial charge in [-0.05, 0) is 64.8 Å². The lowest BCUT2D eigenvalue weighted by Crippen LogP contribution is -2.35. The van der Waals surface area contributed by atoms with E-state index in [1.165, 1.54) is 30.3 Å². The number of hydrogen-bond donors (Lipinski definition) is 0. The Kier molecular flexibility index (Phi) is 5.26. The zero-order valence-corrected chi connectivity index (χ0v) is 16.6. The van der Waals surface area contributed by atoms with Gasteiger partial charge >= 0.3 is 0 Å². The molecule has 0 unspecified atom stereocenters. The minimum Gasteiger partial charge on any atom is -0.355 e. The quantitative estimate of drug-likeness (QED) is 0.576. The normalized spacial score (nSPS) is 15.0. The number of halogens is 3. The van der Waals surface area contributed by atoms with Gasteiger partial charge in [0.1, 0.15) is 17.5 Å². The molecule has 3 aromatic rings. The van der Waals surface area contributed by atoms with Crippen molar-refractivity contribution in [1.82, 2.24) is 9.88 Å². The zero-order valence-electron chi connectivity index (χ0n) is 15.0. The Morgan fingerprint density at radius 3 is 2.54 bits per heavy atom. The molecule has 1 saturated heterocycles. The highest BCUT2D eigenvalue weighted by molar-refractivity contribution is 9.10. The van der Waals surface area contributed by atoms with E-state index in [0.717, 1.165) is 24.2 Å². The van der Waals surface area contributed by atoms with Crippen LogP contribution >= 0.6 is 15.9 Å². The van der Waals surface area contributed by atoms with Crippen LogP contribution in [0.2, 0.25) is 0 Å². The monoisotopic (exact) mass is 445 g/mol. The number of benzene rings is 2. The Labute approximate surface area is 169 Å². The fourth-order valence-electron chi connectivity index (χ4n) is 3.41. The first-order valence-corrected chi connectivity index (χ1v) is 9.86. The van der Waals surface area contributed by atoms with E-state index in [1.807, 2.05) is 12.1 Å². The molecule has 4 nitrogen and oxygen atoms in total. The lowest BCUT2D eigenvalue weighted by molar-refractivity contribution is 0.0767. The topological polar surface area (TPSA) is 36.4 Å². The number of carbonyl (C=O) groups excluding carboxylic acids is 1. The summed E-state index contributed by atoms with van der Waals surface area (Å²) in [4.78, 5) is 21.2. The Bertz CT molecular complexity index is 1030. The van der Waals surface area contributed by atoms with E-state index in [4.69, 9.17) is 0 Å². The Balaban J connectivity index is 1.50. The Morgan fingerprint density at radius 1 is 0.964 bits per heavy atom. The maximum Gasteiger partial charge on any atom is 0.253 e. The highest BCUT2D eigenvalue weighted by Gasteiger charge is 2.21. The van der Waals surface area contributed by atoms with E-state index >= 15 is 0 Å². The SMILES string of the molecule is O=C(c1ccc(F)cc1)N1CCCN(c2ccc3cc(Br)c(F)cc3n2)CC1. The van der Waals surface area contributed by atoms with Crippen molar-refractivity contribution in [3.63, 3.8) is 0 Å². The lowest BCUT2D eigenvalue weighted by Gasteiger charge is -2.23. The van der Waals surface area contributed by atoms with E-state index in [2.05, 4.69) is 25.8 Å². The number of carbonyl (C=O) groups is 1. The molecule has 0 atom stereocenters. The van der Waals surface area contributed by atoms with Crippen LogP contribution in [0.4, 0.5) is 14.6 Å². The van der Waals surface area contributed by atoms with Crippen molar-refractivity contribution in [1.29, 1.82) is 0 Å². The van der Waals surface area contributed by atoms with Crippen molar-refractivity contribution in [3.8, 4) is 0 Å². The Morgan fingerprint density at radius 2 is 1.75 bits per heavy atom. The van der Waals surface area contributed by atoms with Crippen LogP contribution in [0.25, 0.3) is 10.9 Å². The molecule has 0 spiro atoms. The molecule has 1 aliphatic rings. The summed E-state index contributed by atoms with van der Waals surface area (Å²) in [6, 6.07) is 12.6. The van der Waals surface area contributed by atoms with Gasteiger partial charge in [0.15, 0.2) is 0 Å². The van der Waals surface area contributed by atoms with Gasteiger partial charge in [-0.3, -0.25) is 4.79 Å². The maximum absolute atomic E-state index is 13.8. The van der Waals surface area contributed by atoms with Crippen molar-refractivity contribution in [2.24, 2.45) is 0 Å². The molecule has 0 aliphatic carbocycles. The molecule has 0 N–H and O–H groups in total. The summed E-state index contributed by atoms with van der Waals surface area (Å²) in [5.41, 5.74) is 1.08. The predicted octanol–water partition coefficient (Wildman–Crippen LogP) is 4.63. The van der Waals surface area contributed by atoms with Crippen LogP contribution in [0.5, 0.6) is 0 Å². The highest BCUT2D eigenvalue weighted by atomic mass is 79.9. The number of hydrogen-bond acceptors (Lipinski definition) is 3.